The Morgan fingerprint density at radius 1 is 1.33 bits per heavy atom. The molecule has 1 atom stereocenters. The SMILES string of the molecule is Cc1ccc2cc3n(c2c1)CCCC3O. The molecule has 0 amide bonds. The van der Waals surface area contributed by atoms with Crippen molar-refractivity contribution >= 4 is 10.9 Å². The highest BCUT2D eigenvalue weighted by molar-refractivity contribution is 5.82. The molecule has 1 aliphatic heterocycles. The van der Waals surface area contributed by atoms with E-state index in [-0.39, 0.29) is 6.10 Å². The Balaban J connectivity index is 2.31. The zero-order chi connectivity index (χ0) is 10.4. The Kier molecular flexibility index (Phi) is 1.86. The van der Waals surface area contributed by atoms with E-state index >= 15 is 0 Å². The van der Waals surface area contributed by atoms with Crippen molar-refractivity contribution in [2.24, 2.45) is 0 Å². The number of aliphatic hydroxyl groups is 1. The van der Waals surface area contributed by atoms with Crippen molar-refractivity contribution < 1.29 is 5.11 Å². The van der Waals surface area contributed by atoms with Gasteiger partial charge in [-0.3, -0.25) is 0 Å². The second-order valence-electron chi connectivity index (χ2n) is 4.44. The summed E-state index contributed by atoms with van der Waals surface area (Å²) in [4.78, 5) is 0. The number of hydrogen-bond acceptors (Lipinski definition) is 1. The van der Waals surface area contributed by atoms with Crippen LogP contribution in [0.3, 0.4) is 0 Å². The number of aromatic nitrogens is 1. The molecule has 1 unspecified atom stereocenters. The second-order valence-corrected chi connectivity index (χ2v) is 4.44. The zero-order valence-corrected chi connectivity index (χ0v) is 8.90. The van der Waals surface area contributed by atoms with Gasteiger partial charge in [0.2, 0.25) is 0 Å². The van der Waals surface area contributed by atoms with Crippen LogP contribution >= 0.6 is 0 Å². The van der Waals surface area contributed by atoms with E-state index in [2.05, 4.69) is 35.8 Å². The smallest absolute Gasteiger partial charge is 0.0940 e. The Hall–Kier alpha value is -1.28. The Bertz CT molecular complexity index is 512. The number of benzene rings is 1. The van der Waals surface area contributed by atoms with Crippen molar-refractivity contribution in [2.75, 3.05) is 0 Å². The van der Waals surface area contributed by atoms with Gasteiger partial charge in [-0.25, -0.2) is 0 Å². The Morgan fingerprint density at radius 3 is 3.07 bits per heavy atom. The van der Waals surface area contributed by atoms with Crippen LogP contribution < -0.4 is 0 Å². The van der Waals surface area contributed by atoms with Crippen LogP contribution in [0.5, 0.6) is 0 Å². The lowest BCUT2D eigenvalue weighted by Gasteiger charge is -2.21. The second kappa shape index (κ2) is 3.11. The van der Waals surface area contributed by atoms with Crippen LogP contribution in [0.4, 0.5) is 0 Å². The molecule has 0 saturated heterocycles. The molecule has 2 nitrogen and oxygen atoms in total. The van der Waals surface area contributed by atoms with E-state index in [0.29, 0.717) is 0 Å². The topological polar surface area (TPSA) is 25.2 Å². The molecule has 1 N–H and O–H groups in total. The van der Waals surface area contributed by atoms with E-state index in [9.17, 15) is 5.11 Å². The van der Waals surface area contributed by atoms with E-state index in [1.54, 1.807) is 0 Å². The minimum Gasteiger partial charge on any atom is -0.387 e. The fourth-order valence-corrected chi connectivity index (χ4v) is 2.50. The first-order valence-corrected chi connectivity index (χ1v) is 5.53. The summed E-state index contributed by atoms with van der Waals surface area (Å²) in [6.07, 6.45) is 1.70. The maximum Gasteiger partial charge on any atom is 0.0940 e. The lowest BCUT2D eigenvalue weighted by Crippen LogP contribution is -2.14. The fourth-order valence-electron chi connectivity index (χ4n) is 2.50. The number of fused-ring (bicyclic) bond motifs is 3. The molecule has 2 aromatic rings. The molecule has 0 fully saturated rings. The summed E-state index contributed by atoms with van der Waals surface area (Å²) in [5.41, 5.74) is 3.63. The summed E-state index contributed by atoms with van der Waals surface area (Å²) in [5.74, 6) is 0. The highest BCUT2D eigenvalue weighted by atomic mass is 16.3. The largest absolute Gasteiger partial charge is 0.387 e. The molecule has 78 valence electrons. The van der Waals surface area contributed by atoms with Crippen LogP contribution in [0.25, 0.3) is 10.9 Å². The van der Waals surface area contributed by atoms with Crippen LogP contribution in [0.1, 0.15) is 30.2 Å². The third-order valence-corrected chi connectivity index (χ3v) is 3.29. The molecule has 1 aliphatic rings. The lowest BCUT2D eigenvalue weighted by molar-refractivity contribution is 0.140. The third kappa shape index (κ3) is 1.29. The molecule has 0 saturated carbocycles. The van der Waals surface area contributed by atoms with Gasteiger partial charge in [-0.05, 0) is 42.8 Å². The highest BCUT2D eigenvalue weighted by Crippen LogP contribution is 2.31. The maximum absolute atomic E-state index is 9.91. The van der Waals surface area contributed by atoms with Crippen LogP contribution in [0.15, 0.2) is 24.3 Å². The monoisotopic (exact) mass is 201 g/mol. The van der Waals surface area contributed by atoms with Crippen LogP contribution in [0, 0.1) is 6.92 Å². The molecule has 0 radical (unpaired) electrons. The van der Waals surface area contributed by atoms with Gasteiger partial charge in [-0.15, -0.1) is 0 Å². The molecule has 0 bridgehead atoms. The number of hydrogen-bond donors (Lipinski definition) is 1. The van der Waals surface area contributed by atoms with E-state index in [1.807, 2.05) is 0 Å². The molecule has 2 heterocycles. The van der Waals surface area contributed by atoms with E-state index in [1.165, 1.54) is 16.5 Å². The average molecular weight is 201 g/mol. The van der Waals surface area contributed by atoms with E-state index < -0.39 is 0 Å². The number of rotatable bonds is 0. The van der Waals surface area contributed by atoms with Crippen molar-refractivity contribution in [1.82, 2.24) is 4.57 Å². The van der Waals surface area contributed by atoms with Crippen molar-refractivity contribution in [3.8, 4) is 0 Å². The van der Waals surface area contributed by atoms with Crippen LogP contribution in [-0.2, 0) is 6.54 Å². The van der Waals surface area contributed by atoms with Crippen molar-refractivity contribution in [3.63, 3.8) is 0 Å². The maximum atomic E-state index is 9.91. The molecule has 1 aromatic carbocycles. The number of aryl methyl sites for hydroxylation is 2. The molecule has 0 spiro atoms. The Morgan fingerprint density at radius 2 is 2.20 bits per heavy atom. The molecular weight excluding hydrogens is 186 g/mol. The summed E-state index contributed by atoms with van der Waals surface area (Å²) in [6.45, 7) is 3.15. The molecule has 1 aromatic heterocycles. The first kappa shape index (κ1) is 8.98. The van der Waals surface area contributed by atoms with E-state index in [4.69, 9.17) is 0 Å². The Labute approximate surface area is 89.1 Å². The first-order chi connectivity index (χ1) is 7.25. The summed E-state index contributed by atoms with van der Waals surface area (Å²) >= 11 is 0. The fraction of sp³-hybridized carbons (Fsp3) is 0.385. The molecule has 15 heavy (non-hydrogen) atoms. The minimum absolute atomic E-state index is 0.272. The van der Waals surface area contributed by atoms with Crippen molar-refractivity contribution in [2.45, 2.75) is 32.4 Å². The van der Waals surface area contributed by atoms with Crippen LogP contribution in [-0.4, -0.2) is 9.67 Å². The lowest BCUT2D eigenvalue weighted by atomic mass is 10.1. The molecular formula is C13H15NO. The van der Waals surface area contributed by atoms with Gasteiger partial charge in [0.1, 0.15) is 0 Å². The van der Waals surface area contributed by atoms with Gasteiger partial charge in [0.05, 0.1) is 6.10 Å². The van der Waals surface area contributed by atoms with Gasteiger partial charge in [-0.2, -0.15) is 0 Å². The summed E-state index contributed by atoms with van der Waals surface area (Å²) in [5, 5.41) is 11.2. The van der Waals surface area contributed by atoms with Gasteiger partial charge in [-0.1, -0.05) is 12.1 Å². The average Bonchev–Trinajstić information content (AvgIpc) is 2.58. The standard InChI is InChI=1S/C13H15NO/c1-9-4-5-10-8-12-13(15)3-2-6-14(12)11(10)7-9/h4-5,7-8,13,15H,2-3,6H2,1H3. The van der Waals surface area contributed by atoms with Gasteiger partial charge in [0, 0.05) is 17.8 Å². The highest BCUT2D eigenvalue weighted by Gasteiger charge is 2.19. The quantitative estimate of drug-likeness (QED) is 0.696. The van der Waals surface area contributed by atoms with Gasteiger partial charge in [0.25, 0.3) is 0 Å². The minimum atomic E-state index is -0.272. The predicted molar refractivity (Wildman–Crippen MR) is 60.9 cm³/mol. The van der Waals surface area contributed by atoms with Gasteiger partial charge >= 0.3 is 0 Å². The summed E-state index contributed by atoms with van der Waals surface area (Å²) in [7, 11) is 0. The van der Waals surface area contributed by atoms with E-state index in [0.717, 1.165) is 25.1 Å². The number of nitrogens with zero attached hydrogens (tertiary/aromatic N) is 1. The van der Waals surface area contributed by atoms with Gasteiger partial charge in [0.15, 0.2) is 0 Å². The van der Waals surface area contributed by atoms with Crippen molar-refractivity contribution in [1.29, 1.82) is 0 Å². The third-order valence-electron chi connectivity index (χ3n) is 3.29. The zero-order valence-electron chi connectivity index (χ0n) is 8.90. The normalized spacial score (nSPS) is 20.5. The summed E-state index contributed by atoms with van der Waals surface area (Å²) < 4.78 is 2.26. The first-order valence-electron chi connectivity index (χ1n) is 5.53. The molecule has 3 rings (SSSR count). The van der Waals surface area contributed by atoms with Gasteiger partial charge < -0.3 is 9.67 Å². The predicted octanol–water partition coefficient (Wildman–Crippen LogP) is 2.78. The molecule has 2 heteroatoms. The number of aliphatic hydroxyl groups excluding tert-OH is 1. The summed E-state index contributed by atoms with van der Waals surface area (Å²) in [6, 6.07) is 8.60. The van der Waals surface area contributed by atoms with Crippen LogP contribution in [0.2, 0.25) is 0 Å². The molecule has 0 aliphatic carbocycles. The van der Waals surface area contributed by atoms with Crippen molar-refractivity contribution in [3.05, 3.63) is 35.5 Å².